The number of hydrogen-bond acceptors (Lipinski definition) is 2. The van der Waals surface area contributed by atoms with Crippen LogP contribution in [0.2, 0.25) is 0 Å². The van der Waals surface area contributed by atoms with Gasteiger partial charge in [0.1, 0.15) is 6.17 Å². The molecule has 0 bridgehead atoms. The summed E-state index contributed by atoms with van der Waals surface area (Å²) in [4.78, 5) is 12.2. The van der Waals surface area contributed by atoms with E-state index >= 15 is 0 Å². The molecule has 1 heterocycles. The zero-order chi connectivity index (χ0) is 9.26. The van der Waals surface area contributed by atoms with Gasteiger partial charge in [0.15, 0.2) is 0 Å². The summed E-state index contributed by atoms with van der Waals surface area (Å²) in [5.41, 5.74) is 0. The Balaban J connectivity index is 1.69. The van der Waals surface area contributed by atoms with Crippen LogP contribution in [0.5, 0.6) is 0 Å². The molecule has 0 spiro atoms. The minimum Gasteiger partial charge on any atom is -0.345 e. The minimum absolute atomic E-state index is 0.104. The monoisotopic (exact) mass is 186 g/mol. The third kappa shape index (κ3) is 2.18. The van der Waals surface area contributed by atoms with Crippen molar-refractivity contribution in [1.29, 1.82) is 0 Å². The van der Waals surface area contributed by atoms with E-state index in [-0.39, 0.29) is 6.04 Å². The number of rotatable bonds is 3. The summed E-state index contributed by atoms with van der Waals surface area (Å²) in [6.45, 7) is 1.62. The highest BCUT2D eigenvalue weighted by Crippen LogP contribution is 2.26. The van der Waals surface area contributed by atoms with E-state index in [0.29, 0.717) is 12.5 Å². The van der Waals surface area contributed by atoms with E-state index in [9.17, 15) is 9.18 Å². The summed E-state index contributed by atoms with van der Waals surface area (Å²) in [6.07, 6.45) is 2.87. The summed E-state index contributed by atoms with van der Waals surface area (Å²) in [6, 6.07) is 0.523. The second-order valence-electron chi connectivity index (χ2n) is 3.94. The Morgan fingerprint density at radius 1 is 1.38 bits per heavy atom. The number of carbonyl (C=O) groups excluding carboxylic acids is 1. The summed E-state index contributed by atoms with van der Waals surface area (Å²) in [7, 11) is 0. The first-order chi connectivity index (χ1) is 6.29. The van der Waals surface area contributed by atoms with Gasteiger partial charge < -0.3 is 10.2 Å². The molecule has 0 aromatic heterocycles. The lowest BCUT2D eigenvalue weighted by molar-refractivity contribution is -0.119. The van der Waals surface area contributed by atoms with Crippen molar-refractivity contribution in [3.63, 3.8) is 0 Å². The van der Waals surface area contributed by atoms with Crippen molar-refractivity contribution < 1.29 is 9.18 Å². The second kappa shape index (κ2) is 3.62. The quantitative estimate of drug-likeness (QED) is 0.643. The van der Waals surface area contributed by atoms with Gasteiger partial charge in [0.25, 0.3) is 0 Å². The SMILES string of the molecule is O=CN1CCC(NC2CC2F)CC1. The molecule has 0 aromatic rings. The average Bonchev–Trinajstić information content (AvgIpc) is 2.83. The molecule has 0 radical (unpaired) electrons. The molecular weight excluding hydrogens is 171 g/mol. The molecule has 3 nitrogen and oxygen atoms in total. The molecule has 74 valence electrons. The van der Waals surface area contributed by atoms with Crippen LogP contribution in [0.15, 0.2) is 0 Å². The van der Waals surface area contributed by atoms with E-state index in [2.05, 4.69) is 5.32 Å². The summed E-state index contributed by atoms with van der Waals surface area (Å²) in [5.74, 6) is 0. The zero-order valence-electron chi connectivity index (χ0n) is 7.58. The van der Waals surface area contributed by atoms with Crippen LogP contribution in [0, 0.1) is 0 Å². The number of alkyl halides is 1. The van der Waals surface area contributed by atoms with Crippen molar-refractivity contribution in [3.8, 4) is 0 Å². The molecule has 0 aromatic carbocycles. The molecule has 1 N–H and O–H groups in total. The highest BCUT2D eigenvalue weighted by Gasteiger charge is 2.38. The van der Waals surface area contributed by atoms with Gasteiger partial charge in [-0.25, -0.2) is 4.39 Å². The smallest absolute Gasteiger partial charge is 0.209 e. The summed E-state index contributed by atoms with van der Waals surface area (Å²) >= 11 is 0. The molecule has 13 heavy (non-hydrogen) atoms. The van der Waals surface area contributed by atoms with Crippen LogP contribution in [0.1, 0.15) is 19.3 Å². The fourth-order valence-corrected chi connectivity index (χ4v) is 1.81. The van der Waals surface area contributed by atoms with Crippen LogP contribution in [0.4, 0.5) is 4.39 Å². The van der Waals surface area contributed by atoms with Crippen molar-refractivity contribution in [2.45, 2.75) is 37.5 Å². The van der Waals surface area contributed by atoms with Crippen molar-refractivity contribution in [1.82, 2.24) is 10.2 Å². The number of hydrogen-bond donors (Lipinski definition) is 1. The van der Waals surface area contributed by atoms with E-state index in [1.54, 1.807) is 4.90 Å². The molecule has 2 atom stereocenters. The van der Waals surface area contributed by atoms with Gasteiger partial charge in [-0.15, -0.1) is 0 Å². The Hall–Kier alpha value is -0.640. The number of piperidine rings is 1. The van der Waals surface area contributed by atoms with Gasteiger partial charge in [0.05, 0.1) is 0 Å². The fourth-order valence-electron chi connectivity index (χ4n) is 1.81. The molecule has 1 saturated heterocycles. The molecule has 1 saturated carbocycles. The fraction of sp³-hybridized carbons (Fsp3) is 0.889. The normalized spacial score (nSPS) is 34.7. The summed E-state index contributed by atoms with van der Waals surface area (Å²) < 4.78 is 12.5. The van der Waals surface area contributed by atoms with Crippen LogP contribution in [-0.4, -0.2) is 42.7 Å². The molecule has 2 aliphatic rings. The zero-order valence-corrected chi connectivity index (χ0v) is 7.58. The van der Waals surface area contributed by atoms with E-state index in [4.69, 9.17) is 0 Å². The molecule has 2 fully saturated rings. The number of carbonyl (C=O) groups is 1. The largest absolute Gasteiger partial charge is 0.345 e. The molecule has 1 amide bonds. The van der Waals surface area contributed by atoms with Crippen molar-refractivity contribution in [2.24, 2.45) is 0 Å². The van der Waals surface area contributed by atoms with Crippen molar-refractivity contribution >= 4 is 6.41 Å². The van der Waals surface area contributed by atoms with Crippen LogP contribution in [0.25, 0.3) is 0 Å². The number of nitrogens with zero attached hydrogens (tertiary/aromatic N) is 1. The van der Waals surface area contributed by atoms with Crippen molar-refractivity contribution in [3.05, 3.63) is 0 Å². The Bertz CT molecular complexity index is 192. The average molecular weight is 186 g/mol. The predicted molar refractivity (Wildman–Crippen MR) is 47.1 cm³/mol. The van der Waals surface area contributed by atoms with Crippen molar-refractivity contribution in [2.75, 3.05) is 13.1 Å². The van der Waals surface area contributed by atoms with Gasteiger partial charge in [0.2, 0.25) is 6.41 Å². The summed E-state index contributed by atoms with van der Waals surface area (Å²) in [5, 5.41) is 3.27. The number of nitrogens with one attached hydrogen (secondary N) is 1. The molecule has 2 unspecified atom stereocenters. The lowest BCUT2D eigenvalue weighted by Crippen LogP contribution is -2.43. The Kier molecular flexibility index (Phi) is 2.49. The third-order valence-electron chi connectivity index (χ3n) is 2.84. The predicted octanol–water partition coefficient (Wildman–Crippen LogP) is 0.307. The standard InChI is InChI=1S/C9H15FN2O/c10-8-5-9(8)11-7-1-3-12(6-13)4-2-7/h6-9,11H,1-5H2. The molecule has 2 rings (SSSR count). The molecular formula is C9H15FN2O. The Morgan fingerprint density at radius 3 is 2.46 bits per heavy atom. The highest BCUT2D eigenvalue weighted by atomic mass is 19.1. The first kappa shape index (κ1) is 8.94. The third-order valence-corrected chi connectivity index (χ3v) is 2.84. The Morgan fingerprint density at radius 2 is 2.00 bits per heavy atom. The first-order valence-electron chi connectivity index (χ1n) is 4.89. The van der Waals surface area contributed by atoms with Crippen LogP contribution >= 0.6 is 0 Å². The topological polar surface area (TPSA) is 32.3 Å². The van der Waals surface area contributed by atoms with E-state index in [1.807, 2.05) is 0 Å². The maximum absolute atomic E-state index is 12.5. The van der Waals surface area contributed by atoms with Crippen LogP contribution < -0.4 is 5.32 Å². The van der Waals surface area contributed by atoms with E-state index < -0.39 is 6.17 Å². The molecule has 4 heteroatoms. The number of amides is 1. The number of likely N-dealkylation sites (tertiary alicyclic amines) is 1. The van der Waals surface area contributed by atoms with Gasteiger partial charge in [-0.3, -0.25) is 4.79 Å². The minimum atomic E-state index is -0.621. The number of halogens is 1. The highest BCUT2D eigenvalue weighted by molar-refractivity contribution is 5.47. The van der Waals surface area contributed by atoms with Gasteiger partial charge in [-0.05, 0) is 19.3 Å². The Labute approximate surface area is 77.3 Å². The second-order valence-corrected chi connectivity index (χ2v) is 3.94. The molecule has 1 aliphatic carbocycles. The van der Waals surface area contributed by atoms with Gasteiger partial charge in [0, 0.05) is 25.2 Å². The first-order valence-corrected chi connectivity index (χ1v) is 4.89. The van der Waals surface area contributed by atoms with Gasteiger partial charge >= 0.3 is 0 Å². The maximum atomic E-state index is 12.5. The van der Waals surface area contributed by atoms with Gasteiger partial charge in [-0.1, -0.05) is 0 Å². The van der Waals surface area contributed by atoms with Crippen LogP contribution in [-0.2, 0) is 4.79 Å². The maximum Gasteiger partial charge on any atom is 0.209 e. The lowest BCUT2D eigenvalue weighted by atomic mass is 10.1. The van der Waals surface area contributed by atoms with Crippen LogP contribution in [0.3, 0.4) is 0 Å². The van der Waals surface area contributed by atoms with Gasteiger partial charge in [-0.2, -0.15) is 0 Å². The molecule has 1 aliphatic heterocycles. The van der Waals surface area contributed by atoms with E-state index in [1.165, 1.54) is 0 Å². The lowest BCUT2D eigenvalue weighted by Gasteiger charge is -2.29. The van der Waals surface area contributed by atoms with E-state index in [0.717, 1.165) is 32.3 Å².